The molecule has 0 aliphatic carbocycles. The number of hydrogen-bond acceptors (Lipinski definition) is 4. The van der Waals surface area contributed by atoms with Crippen molar-refractivity contribution in [3.63, 3.8) is 0 Å². The SMILES string of the molecule is CN=C(NCc1ccc(-n2nc(C)cc2C)nc1)N1CCN(Cc2ccccc2)CC1.I. The molecule has 0 unspecified atom stereocenters. The van der Waals surface area contributed by atoms with E-state index in [9.17, 15) is 0 Å². The molecule has 2 aromatic heterocycles. The fourth-order valence-electron chi connectivity index (χ4n) is 3.98. The first-order valence-electron chi connectivity index (χ1n) is 10.8. The van der Waals surface area contributed by atoms with Crippen LogP contribution in [0.5, 0.6) is 0 Å². The highest BCUT2D eigenvalue weighted by atomic mass is 127. The Morgan fingerprint density at radius 1 is 1.00 bits per heavy atom. The Bertz CT molecular complexity index is 1010. The molecular weight excluding hydrogens is 513 g/mol. The van der Waals surface area contributed by atoms with Crippen LogP contribution in [0.25, 0.3) is 5.82 Å². The Hall–Kier alpha value is -2.46. The number of guanidine groups is 1. The molecule has 0 bridgehead atoms. The standard InChI is InChI=1S/C24H31N7.HI/c1-19-15-20(2)31(28-19)23-10-9-22(16-26-23)17-27-24(25-3)30-13-11-29(12-14-30)18-21-7-5-4-6-8-21;/h4-10,15-16H,11-14,17-18H2,1-3H3,(H,25,27);1H. The van der Waals surface area contributed by atoms with Gasteiger partial charge in [-0.2, -0.15) is 5.10 Å². The van der Waals surface area contributed by atoms with E-state index in [-0.39, 0.29) is 24.0 Å². The van der Waals surface area contributed by atoms with E-state index in [0.717, 1.165) is 61.5 Å². The number of nitrogens with zero attached hydrogens (tertiary/aromatic N) is 6. The number of aromatic nitrogens is 3. The van der Waals surface area contributed by atoms with Gasteiger partial charge in [0, 0.05) is 58.2 Å². The van der Waals surface area contributed by atoms with Crippen LogP contribution in [0.1, 0.15) is 22.5 Å². The summed E-state index contributed by atoms with van der Waals surface area (Å²) in [6, 6.07) is 16.8. The van der Waals surface area contributed by atoms with Crippen LogP contribution in [0.3, 0.4) is 0 Å². The highest BCUT2D eigenvalue weighted by Gasteiger charge is 2.19. The summed E-state index contributed by atoms with van der Waals surface area (Å²) in [4.78, 5) is 13.9. The van der Waals surface area contributed by atoms with Gasteiger partial charge in [0.05, 0.1) is 5.69 Å². The Morgan fingerprint density at radius 3 is 2.34 bits per heavy atom. The average molecular weight is 545 g/mol. The van der Waals surface area contributed by atoms with E-state index >= 15 is 0 Å². The van der Waals surface area contributed by atoms with E-state index in [1.165, 1.54) is 5.56 Å². The molecule has 0 amide bonds. The molecule has 170 valence electrons. The molecule has 1 aliphatic heterocycles. The second kappa shape index (κ2) is 11.4. The number of aliphatic imine (C=N–C) groups is 1. The molecule has 0 radical (unpaired) electrons. The quantitative estimate of drug-likeness (QED) is 0.303. The number of piperazine rings is 1. The third-order valence-corrected chi connectivity index (χ3v) is 5.62. The van der Waals surface area contributed by atoms with Crippen molar-refractivity contribution in [2.45, 2.75) is 26.9 Å². The summed E-state index contributed by atoms with van der Waals surface area (Å²) in [5.74, 6) is 1.79. The Kier molecular flexibility index (Phi) is 8.63. The second-order valence-electron chi connectivity index (χ2n) is 8.01. The van der Waals surface area contributed by atoms with Gasteiger partial charge in [-0.15, -0.1) is 24.0 Å². The fraction of sp³-hybridized carbons (Fsp3) is 0.375. The molecule has 1 fully saturated rings. The van der Waals surface area contributed by atoms with Crippen molar-refractivity contribution < 1.29 is 0 Å². The summed E-state index contributed by atoms with van der Waals surface area (Å²) >= 11 is 0. The van der Waals surface area contributed by atoms with Crippen LogP contribution >= 0.6 is 24.0 Å². The number of benzene rings is 1. The van der Waals surface area contributed by atoms with E-state index in [4.69, 9.17) is 0 Å². The highest BCUT2D eigenvalue weighted by molar-refractivity contribution is 14.0. The van der Waals surface area contributed by atoms with Gasteiger partial charge in [0.1, 0.15) is 0 Å². The Balaban J connectivity index is 0.00000289. The van der Waals surface area contributed by atoms with E-state index in [2.05, 4.69) is 72.7 Å². The molecule has 4 rings (SSSR count). The maximum atomic E-state index is 4.59. The average Bonchev–Trinajstić information content (AvgIpc) is 3.14. The van der Waals surface area contributed by atoms with Gasteiger partial charge in [0.25, 0.3) is 0 Å². The van der Waals surface area contributed by atoms with Gasteiger partial charge < -0.3 is 10.2 Å². The van der Waals surface area contributed by atoms with Gasteiger partial charge in [-0.25, -0.2) is 9.67 Å². The molecule has 0 atom stereocenters. The minimum absolute atomic E-state index is 0. The van der Waals surface area contributed by atoms with Crippen LogP contribution < -0.4 is 5.32 Å². The predicted octanol–water partition coefficient (Wildman–Crippen LogP) is 3.40. The normalized spacial score (nSPS) is 14.8. The fourth-order valence-corrected chi connectivity index (χ4v) is 3.98. The molecule has 1 saturated heterocycles. The molecule has 1 aromatic carbocycles. The number of pyridine rings is 1. The first-order valence-corrected chi connectivity index (χ1v) is 10.8. The number of halogens is 1. The predicted molar refractivity (Wildman–Crippen MR) is 140 cm³/mol. The summed E-state index contributed by atoms with van der Waals surface area (Å²) in [5, 5.41) is 7.99. The molecule has 1 aliphatic rings. The summed E-state index contributed by atoms with van der Waals surface area (Å²) < 4.78 is 1.88. The lowest BCUT2D eigenvalue weighted by molar-refractivity contribution is 0.172. The topological polar surface area (TPSA) is 61.6 Å². The summed E-state index contributed by atoms with van der Waals surface area (Å²) in [6.07, 6.45) is 1.91. The third-order valence-electron chi connectivity index (χ3n) is 5.62. The van der Waals surface area contributed by atoms with E-state index < -0.39 is 0 Å². The minimum Gasteiger partial charge on any atom is -0.352 e. The third kappa shape index (κ3) is 6.07. The van der Waals surface area contributed by atoms with Crippen molar-refractivity contribution in [3.05, 3.63) is 77.2 Å². The summed E-state index contributed by atoms with van der Waals surface area (Å²) in [5.41, 5.74) is 4.57. The maximum Gasteiger partial charge on any atom is 0.194 e. The van der Waals surface area contributed by atoms with Crippen LogP contribution in [0, 0.1) is 13.8 Å². The zero-order valence-electron chi connectivity index (χ0n) is 19.0. The molecule has 7 nitrogen and oxygen atoms in total. The number of nitrogens with one attached hydrogen (secondary N) is 1. The van der Waals surface area contributed by atoms with E-state index in [0.29, 0.717) is 6.54 Å². The summed E-state index contributed by atoms with van der Waals surface area (Å²) in [6.45, 7) is 9.76. The molecule has 3 heterocycles. The Morgan fingerprint density at radius 2 is 1.75 bits per heavy atom. The van der Waals surface area contributed by atoms with Crippen molar-refractivity contribution in [2.24, 2.45) is 4.99 Å². The number of rotatable bonds is 5. The smallest absolute Gasteiger partial charge is 0.194 e. The van der Waals surface area contributed by atoms with E-state index in [1.807, 2.05) is 37.8 Å². The van der Waals surface area contributed by atoms with Gasteiger partial charge in [-0.05, 0) is 37.1 Å². The highest BCUT2D eigenvalue weighted by Crippen LogP contribution is 2.11. The van der Waals surface area contributed by atoms with Crippen LogP contribution in [-0.2, 0) is 13.1 Å². The van der Waals surface area contributed by atoms with E-state index in [1.54, 1.807) is 0 Å². The van der Waals surface area contributed by atoms with Crippen molar-refractivity contribution in [1.29, 1.82) is 0 Å². The van der Waals surface area contributed by atoms with Crippen molar-refractivity contribution in [2.75, 3.05) is 33.2 Å². The minimum atomic E-state index is 0. The monoisotopic (exact) mass is 545 g/mol. The maximum absolute atomic E-state index is 4.59. The number of hydrogen-bond donors (Lipinski definition) is 1. The second-order valence-corrected chi connectivity index (χ2v) is 8.01. The lowest BCUT2D eigenvalue weighted by Crippen LogP contribution is -2.52. The van der Waals surface area contributed by atoms with Gasteiger partial charge in [-0.3, -0.25) is 9.89 Å². The molecule has 1 N–H and O–H groups in total. The lowest BCUT2D eigenvalue weighted by atomic mass is 10.2. The van der Waals surface area contributed by atoms with Crippen LogP contribution in [0.15, 0.2) is 59.7 Å². The van der Waals surface area contributed by atoms with Gasteiger partial charge in [0.2, 0.25) is 0 Å². The molecule has 0 saturated carbocycles. The van der Waals surface area contributed by atoms with Crippen LogP contribution in [0.4, 0.5) is 0 Å². The van der Waals surface area contributed by atoms with Gasteiger partial charge in [0.15, 0.2) is 11.8 Å². The first kappa shape index (κ1) is 24.2. The van der Waals surface area contributed by atoms with Gasteiger partial charge >= 0.3 is 0 Å². The molecular formula is C24H32IN7. The zero-order chi connectivity index (χ0) is 21.6. The van der Waals surface area contributed by atoms with Crippen LogP contribution in [0.2, 0.25) is 0 Å². The van der Waals surface area contributed by atoms with Crippen molar-refractivity contribution in [3.8, 4) is 5.82 Å². The Labute approximate surface area is 207 Å². The molecule has 0 spiro atoms. The van der Waals surface area contributed by atoms with Crippen molar-refractivity contribution >= 4 is 29.9 Å². The van der Waals surface area contributed by atoms with Crippen molar-refractivity contribution in [1.82, 2.24) is 29.9 Å². The molecule has 8 heteroatoms. The number of aryl methyl sites for hydroxylation is 2. The zero-order valence-corrected chi connectivity index (χ0v) is 21.4. The summed E-state index contributed by atoms with van der Waals surface area (Å²) in [7, 11) is 1.85. The molecule has 32 heavy (non-hydrogen) atoms. The lowest BCUT2D eigenvalue weighted by Gasteiger charge is -2.36. The van der Waals surface area contributed by atoms with Gasteiger partial charge in [-0.1, -0.05) is 36.4 Å². The largest absolute Gasteiger partial charge is 0.352 e. The first-order chi connectivity index (χ1) is 15.1. The van der Waals surface area contributed by atoms with Crippen LogP contribution in [-0.4, -0.2) is 63.8 Å². The molecule has 3 aromatic rings.